The monoisotopic (exact) mass is 447 g/mol. The number of tetrazole rings is 1. The predicted molar refractivity (Wildman–Crippen MR) is 115 cm³/mol. The molecule has 3 aromatic rings. The van der Waals surface area contributed by atoms with Crippen molar-refractivity contribution in [3.05, 3.63) is 52.6 Å². The normalized spacial score (nSPS) is 10.9. The van der Waals surface area contributed by atoms with E-state index in [1.54, 1.807) is 6.92 Å². The number of hydrogen-bond acceptors (Lipinski definition) is 6. The lowest BCUT2D eigenvalue weighted by Gasteiger charge is -2.15. The number of carbonyl (C=O) groups excluding carboxylic acids is 1. The maximum absolute atomic E-state index is 14.3. The molecule has 164 valence electrons. The molecule has 0 bridgehead atoms. The highest BCUT2D eigenvalue weighted by atomic mass is 35.5. The molecule has 31 heavy (non-hydrogen) atoms. The van der Waals surface area contributed by atoms with E-state index in [0.717, 1.165) is 6.42 Å². The molecule has 0 aliphatic rings. The number of methoxy groups -OCH3 is 1. The average Bonchev–Trinajstić information content (AvgIpc) is 3.16. The fourth-order valence-corrected chi connectivity index (χ4v) is 3.06. The molecule has 2 aromatic carbocycles. The molecular formula is C21H23ClFN5O3. The molecule has 1 heterocycles. The number of anilines is 1. The van der Waals surface area contributed by atoms with Crippen LogP contribution in [-0.2, 0) is 0 Å². The Labute approximate surface area is 184 Å². The molecule has 8 nitrogen and oxygen atoms in total. The minimum Gasteiger partial charge on any atom is -0.493 e. The number of aromatic nitrogens is 4. The molecule has 0 saturated heterocycles. The summed E-state index contributed by atoms with van der Waals surface area (Å²) in [7, 11) is 1.46. The molecule has 1 aromatic heterocycles. The highest BCUT2D eigenvalue weighted by Gasteiger charge is 2.18. The number of rotatable bonds is 8. The van der Waals surface area contributed by atoms with Gasteiger partial charge in [-0.05, 0) is 60.0 Å². The number of aryl methyl sites for hydroxylation is 1. The van der Waals surface area contributed by atoms with E-state index >= 15 is 0 Å². The Morgan fingerprint density at radius 2 is 2.06 bits per heavy atom. The van der Waals surface area contributed by atoms with Gasteiger partial charge in [0.05, 0.1) is 30.1 Å². The molecule has 0 aliphatic carbocycles. The molecule has 0 atom stereocenters. The predicted octanol–water partition coefficient (Wildman–Crippen LogP) is 4.45. The van der Waals surface area contributed by atoms with E-state index in [2.05, 4.69) is 34.7 Å². The molecule has 0 fully saturated rings. The summed E-state index contributed by atoms with van der Waals surface area (Å²) in [6.45, 7) is 6.35. The van der Waals surface area contributed by atoms with Crippen LogP contribution in [0, 0.1) is 18.7 Å². The van der Waals surface area contributed by atoms with Gasteiger partial charge in [-0.25, -0.2) is 4.39 Å². The van der Waals surface area contributed by atoms with E-state index in [1.807, 2.05) is 0 Å². The lowest BCUT2D eigenvalue weighted by Crippen LogP contribution is -2.14. The summed E-state index contributed by atoms with van der Waals surface area (Å²) >= 11 is 6.33. The van der Waals surface area contributed by atoms with Crippen molar-refractivity contribution in [1.82, 2.24) is 20.2 Å². The van der Waals surface area contributed by atoms with Crippen LogP contribution in [0.5, 0.6) is 11.5 Å². The Hall–Kier alpha value is -3.20. The second kappa shape index (κ2) is 9.74. The Balaban J connectivity index is 1.83. The first-order chi connectivity index (χ1) is 14.8. The minimum absolute atomic E-state index is 0.0234. The maximum atomic E-state index is 14.3. The molecule has 10 heteroatoms. The Kier molecular flexibility index (Phi) is 7.06. The third-order valence-corrected chi connectivity index (χ3v) is 4.78. The number of nitrogens with zero attached hydrogens (tertiary/aromatic N) is 4. The van der Waals surface area contributed by atoms with Gasteiger partial charge in [-0.1, -0.05) is 25.4 Å². The van der Waals surface area contributed by atoms with Crippen LogP contribution in [0.3, 0.4) is 0 Å². The van der Waals surface area contributed by atoms with E-state index in [4.69, 9.17) is 21.1 Å². The smallest absolute Gasteiger partial charge is 0.255 e. The third kappa shape index (κ3) is 5.29. The van der Waals surface area contributed by atoms with Gasteiger partial charge in [-0.3, -0.25) is 4.79 Å². The van der Waals surface area contributed by atoms with E-state index in [0.29, 0.717) is 35.5 Å². The first-order valence-electron chi connectivity index (χ1n) is 9.66. The lowest BCUT2D eigenvalue weighted by molar-refractivity contribution is 0.102. The standard InChI is InChI=1S/C21H23ClFN5O3/c1-12(2)7-8-31-20-16(22)9-14(10-19(20)30-4)21(29)24-18-11-15(5-6-17(18)23)28-13(3)25-26-27-28/h5-6,9-12H,7-8H2,1-4H3,(H,24,29). The molecule has 1 amide bonds. The number of amides is 1. The van der Waals surface area contributed by atoms with Crippen molar-refractivity contribution in [1.29, 1.82) is 0 Å². The van der Waals surface area contributed by atoms with Crippen LogP contribution in [0.4, 0.5) is 10.1 Å². The summed E-state index contributed by atoms with van der Waals surface area (Å²) in [5, 5.41) is 14.0. The number of carbonyl (C=O) groups is 1. The fourth-order valence-electron chi connectivity index (χ4n) is 2.79. The summed E-state index contributed by atoms with van der Waals surface area (Å²) in [6, 6.07) is 7.14. The first kappa shape index (κ1) is 22.5. The van der Waals surface area contributed by atoms with Gasteiger partial charge in [0.15, 0.2) is 17.3 Å². The summed E-state index contributed by atoms with van der Waals surface area (Å²) in [5.41, 5.74) is 0.676. The largest absolute Gasteiger partial charge is 0.493 e. The molecule has 0 saturated carbocycles. The second-order valence-corrected chi connectivity index (χ2v) is 7.68. The van der Waals surface area contributed by atoms with Crippen LogP contribution in [0.15, 0.2) is 30.3 Å². The van der Waals surface area contributed by atoms with Gasteiger partial charge in [0, 0.05) is 5.56 Å². The molecular weight excluding hydrogens is 425 g/mol. The van der Waals surface area contributed by atoms with Gasteiger partial charge in [-0.15, -0.1) is 5.10 Å². The SMILES string of the molecule is COc1cc(C(=O)Nc2cc(-n3nnnc3C)ccc2F)cc(Cl)c1OCCC(C)C. The van der Waals surface area contributed by atoms with E-state index in [1.165, 1.54) is 42.1 Å². The lowest BCUT2D eigenvalue weighted by atomic mass is 10.1. The second-order valence-electron chi connectivity index (χ2n) is 7.28. The van der Waals surface area contributed by atoms with Crippen molar-refractivity contribution >= 4 is 23.2 Å². The van der Waals surface area contributed by atoms with Crippen LogP contribution in [0.2, 0.25) is 5.02 Å². The number of benzene rings is 2. The quantitative estimate of drug-likeness (QED) is 0.548. The Morgan fingerprint density at radius 1 is 1.29 bits per heavy atom. The summed E-state index contributed by atoms with van der Waals surface area (Å²) in [4.78, 5) is 12.8. The molecule has 0 aliphatic heterocycles. The maximum Gasteiger partial charge on any atom is 0.255 e. The number of nitrogens with one attached hydrogen (secondary N) is 1. The van der Waals surface area contributed by atoms with Gasteiger partial charge in [-0.2, -0.15) is 4.68 Å². The molecule has 3 rings (SSSR count). The molecule has 1 N–H and O–H groups in total. The number of halogens is 2. The molecule has 0 unspecified atom stereocenters. The van der Waals surface area contributed by atoms with Crippen LogP contribution in [-0.4, -0.2) is 39.8 Å². The van der Waals surface area contributed by atoms with E-state index in [9.17, 15) is 9.18 Å². The number of hydrogen-bond donors (Lipinski definition) is 1. The Morgan fingerprint density at radius 3 is 2.71 bits per heavy atom. The van der Waals surface area contributed by atoms with Gasteiger partial charge in [0.1, 0.15) is 5.82 Å². The zero-order chi connectivity index (χ0) is 22.5. The van der Waals surface area contributed by atoms with E-state index < -0.39 is 11.7 Å². The summed E-state index contributed by atoms with van der Waals surface area (Å²) in [5.74, 6) is 0.516. The van der Waals surface area contributed by atoms with E-state index in [-0.39, 0.29) is 16.3 Å². The zero-order valence-electron chi connectivity index (χ0n) is 17.6. The van der Waals surface area contributed by atoms with Crippen LogP contribution in [0.1, 0.15) is 36.5 Å². The van der Waals surface area contributed by atoms with Crippen LogP contribution >= 0.6 is 11.6 Å². The number of ether oxygens (including phenoxy) is 2. The van der Waals surface area contributed by atoms with Gasteiger partial charge in [0.2, 0.25) is 0 Å². The van der Waals surface area contributed by atoms with Crippen LogP contribution < -0.4 is 14.8 Å². The van der Waals surface area contributed by atoms with Crippen molar-refractivity contribution in [2.75, 3.05) is 19.0 Å². The fraction of sp³-hybridized carbons (Fsp3) is 0.333. The first-order valence-corrected chi connectivity index (χ1v) is 10.0. The van der Waals surface area contributed by atoms with Crippen molar-refractivity contribution in [2.24, 2.45) is 5.92 Å². The topological polar surface area (TPSA) is 91.2 Å². The van der Waals surface area contributed by atoms with Crippen LogP contribution in [0.25, 0.3) is 5.69 Å². The van der Waals surface area contributed by atoms with Crippen molar-refractivity contribution in [3.63, 3.8) is 0 Å². The van der Waals surface area contributed by atoms with Crippen molar-refractivity contribution < 1.29 is 18.7 Å². The van der Waals surface area contributed by atoms with Gasteiger partial charge < -0.3 is 14.8 Å². The molecule has 0 radical (unpaired) electrons. The average molecular weight is 448 g/mol. The highest BCUT2D eigenvalue weighted by Crippen LogP contribution is 2.37. The summed E-state index contributed by atoms with van der Waals surface area (Å²) in [6.07, 6.45) is 0.845. The Bertz CT molecular complexity index is 1090. The highest BCUT2D eigenvalue weighted by molar-refractivity contribution is 6.32. The third-order valence-electron chi connectivity index (χ3n) is 4.50. The van der Waals surface area contributed by atoms with Crippen molar-refractivity contribution in [3.8, 4) is 17.2 Å². The zero-order valence-corrected chi connectivity index (χ0v) is 18.4. The summed E-state index contributed by atoms with van der Waals surface area (Å²) < 4.78 is 26.8. The minimum atomic E-state index is -0.602. The van der Waals surface area contributed by atoms with Gasteiger partial charge >= 0.3 is 0 Å². The van der Waals surface area contributed by atoms with Gasteiger partial charge in [0.25, 0.3) is 5.91 Å². The molecule has 0 spiro atoms. The van der Waals surface area contributed by atoms with Crippen molar-refractivity contribution in [2.45, 2.75) is 27.2 Å².